The van der Waals surface area contributed by atoms with E-state index in [4.69, 9.17) is 5.73 Å². The molecule has 3 unspecified atom stereocenters. The topological polar surface area (TPSA) is 26.0 Å². The van der Waals surface area contributed by atoms with E-state index in [0.717, 1.165) is 11.8 Å². The minimum atomic E-state index is 0.555. The zero-order chi connectivity index (χ0) is 8.77. The van der Waals surface area contributed by atoms with Gasteiger partial charge in [-0.2, -0.15) is 0 Å². The Morgan fingerprint density at radius 3 is 2.50 bits per heavy atom. The van der Waals surface area contributed by atoms with Crippen LogP contribution in [0.15, 0.2) is 0 Å². The highest BCUT2D eigenvalue weighted by molar-refractivity contribution is 5.08. The molecule has 70 valence electrons. The Hall–Kier alpha value is -0.0400. The maximum atomic E-state index is 5.99. The van der Waals surface area contributed by atoms with Crippen LogP contribution < -0.4 is 5.73 Å². The third-order valence-electron chi connectivity index (χ3n) is 4.11. The van der Waals surface area contributed by atoms with E-state index in [0.29, 0.717) is 11.5 Å². The lowest BCUT2D eigenvalue weighted by molar-refractivity contribution is 0.194. The molecule has 2 saturated carbocycles. The molecule has 0 heterocycles. The molecule has 2 fully saturated rings. The van der Waals surface area contributed by atoms with Crippen molar-refractivity contribution < 1.29 is 0 Å². The minimum Gasteiger partial charge on any atom is -0.327 e. The van der Waals surface area contributed by atoms with Crippen molar-refractivity contribution in [2.75, 3.05) is 0 Å². The number of nitrogens with two attached hydrogens (primary N) is 1. The fourth-order valence-corrected chi connectivity index (χ4v) is 2.91. The lowest BCUT2D eigenvalue weighted by Crippen LogP contribution is -2.25. The summed E-state index contributed by atoms with van der Waals surface area (Å²) in [5.74, 6) is 1.84. The van der Waals surface area contributed by atoms with Gasteiger partial charge in [-0.05, 0) is 36.5 Å². The molecule has 0 aliphatic heterocycles. The second kappa shape index (κ2) is 2.73. The van der Waals surface area contributed by atoms with Gasteiger partial charge >= 0.3 is 0 Å². The molecule has 0 amide bonds. The molecule has 1 heteroatoms. The molecule has 0 radical (unpaired) electrons. The van der Waals surface area contributed by atoms with Gasteiger partial charge in [0.15, 0.2) is 0 Å². The van der Waals surface area contributed by atoms with Crippen LogP contribution in [0.5, 0.6) is 0 Å². The van der Waals surface area contributed by atoms with Gasteiger partial charge in [-0.3, -0.25) is 0 Å². The van der Waals surface area contributed by atoms with Crippen molar-refractivity contribution in [2.45, 2.75) is 52.0 Å². The molecule has 0 saturated heterocycles. The molecule has 0 aromatic heterocycles. The van der Waals surface area contributed by atoms with Crippen LogP contribution in [-0.2, 0) is 0 Å². The monoisotopic (exact) mass is 167 g/mol. The summed E-state index contributed by atoms with van der Waals surface area (Å²) in [4.78, 5) is 0. The second-order valence-electron chi connectivity index (χ2n) is 5.27. The first-order valence-corrected chi connectivity index (χ1v) is 5.40. The van der Waals surface area contributed by atoms with E-state index in [1.165, 1.54) is 32.1 Å². The van der Waals surface area contributed by atoms with E-state index in [2.05, 4.69) is 13.8 Å². The summed E-state index contributed by atoms with van der Waals surface area (Å²) in [6, 6.07) is 0.555. The summed E-state index contributed by atoms with van der Waals surface area (Å²) in [5, 5.41) is 0. The molecule has 2 aliphatic rings. The first-order chi connectivity index (χ1) is 5.64. The molecule has 0 aromatic rings. The highest BCUT2D eigenvalue weighted by atomic mass is 14.8. The number of rotatable bonds is 1. The summed E-state index contributed by atoms with van der Waals surface area (Å²) < 4.78 is 0. The van der Waals surface area contributed by atoms with Crippen molar-refractivity contribution in [3.05, 3.63) is 0 Å². The van der Waals surface area contributed by atoms with Crippen LogP contribution in [-0.4, -0.2) is 6.04 Å². The maximum Gasteiger partial charge on any atom is 0.0102 e. The van der Waals surface area contributed by atoms with Crippen molar-refractivity contribution >= 4 is 0 Å². The SMILES string of the molecule is CC(C)C1CCCC2(C1)CC2N. The third-order valence-corrected chi connectivity index (χ3v) is 4.11. The average molecular weight is 167 g/mol. The Bertz CT molecular complexity index is 176. The van der Waals surface area contributed by atoms with Crippen LogP contribution >= 0.6 is 0 Å². The van der Waals surface area contributed by atoms with Gasteiger partial charge in [0.1, 0.15) is 0 Å². The smallest absolute Gasteiger partial charge is 0.0102 e. The van der Waals surface area contributed by atoms with Gasteiger partial charge in [0, 0.05) is 6.04 Å². The van der Waals surface area contributed by atoms with Crippen LogP contribution in [0.3, 0.4) is 0 Å². The van der Waals surface area contributed by atoms with Gasteiger partial charge in [0.25, 0.3) is 0 Å². The molecule has 1 spiro atoms. The summed E-state index contributed by atoms with van der Waals surface area (Å²) in [7, 11) is 0. The lowest BCUT2D eigenvalue weighted by Gasteiger charge is -2.32. The van der Waals surface area contributed by atoms with Gasteiger partial charge < -0.3 is 5.73 Å². The first kappa shape index (κ1) is 8.55. The molecule has 0 aromatic carbocycles. The van der Waals surface area contributed by atoms with Crippen molar-refractivity contribution in [3.63, 3.8) is 0 Å². The van der Waals surface area contributed by atoms with Crippen LogP contribution in [0.1, 0.15) is 46.0 Å². The van der Waals surface area contributed by atoms with Crippen LogP contribution in [0.4, 0.5) is 0 Å². The normalized spacial score (nSPS) is 47.0. The van der Waals surface area contributed by atoms with Crippen LogP contribution in [0.2, 0.25) is 0 Å². The predicted octanol–water partition coefficient (Wildman–Crippen LogP) is 2.55. The lowest BCUT2D eigenvalue weighted by atomic mass is 9.74. The zero-order valence-corrected chi connectivity index (χ0v) is 8.34. The summed E-state index contributed by atoms with van der Waals surface area (Å²) in [6.45, 7) is 4.72. The van der Waals surface area contributed by atoms with E-state index in [1.54, 1.807) is 0 Å². The number of hydrogen-bond acceptors (Lipinski definition) is 1. The molecule has 12 heavy (non-hydrogen) atoms. The second-order valence-corrected chi connectivity index (χ2v) is 5.27. The molecule has 2 N–H and O–H groups in total. The Balaban J connectivity index is 1.96. The molecule has 0 bridgehead atoms. The molecule has 2 aliphatic carbocycles. The Morgan fingerprint density at radius 2 is 2.00 bits per heavy atom. The largest absolute Gasteiger partial charge is 0.327 e. The first-order valence-electron chi connectivity index (χ1n) is 5.40. The highest BCUT2D eigenvalue weighted by Crippen LogP contribution is 2.57. The van der Waals surface area contributed by atoms with Crippen molar-refractivity contribution in [2.24, 2.45) is 23.0 Å². The number of hydrogen-bond donors (Lipinski definition) is 1. The maximum absolute atomic E-state index is 5.99. The van der Waals surface area contributed by atoms with E-state index in [9.17, 15) is 0 Å². The van der Waals surface area contributed by atoms with Gasteiger partial charge in [-0.25, -0.2) is 0 Å². The average Bonchev–Trinajstić information content (AvgIpc) is 2.61. The molecule has 3 atom stereocenters. The molecule has 2 rings (SSSR count). The molecular weight excluding hydrogens is 146 g/mol. The fourth-order valence-electron chi connectivity index (χ4n) is 2.91. The van der Waals surface area contributed by atoms with E-state index in [-0.39, 0.29) is 0 Å². The summed E-state index contributed by atoms with van der Waals surface area (Å²) in [6.07, 6.45) is 7.03. The van der Waals surface area contributed by atoms with Gasteiger partial charge in [0.05, 0.1) is 0 Å². The summed E-state index contributed by atoms with van der Waals surface area (Å²) >= 11 is 0. The Kier molecular flexibility index (Phi) is 1.95. The molecular formula is C11H21N. The van der Waals surface area contributed by atoms with Crippen molar-refractivity contribution in [1.82, 2.24) is 0 Å². The Morgan fingerprint density at radius 1 is 1.33 bits per heavy atom. The summed E-state index contributed by atoms with van der Waals surface area (Å²) in [5.41, 5.74) is 6.61. The van der Waals surface area contributed by atoms with Crippen LogP contribution in [0.25, 0.3) is 0 Å². The minimum absolute atomic E-state index is 0.555. The third kappa shape index (κ3) is 1.28. The quantitative estimate of drug-likeness (QED) is 0.638. The van der Waals surface area contributed by atoms with E-state index in [1.807, 2.05) is 0 Å². The predicted molar refractivity (Wildman–Crippen MR) is 51.8 cm³/mol. The van der Waals surface area contributed by atoms with Gasteiger partial charge in [-0.15, -0.1) is 0 Å². The van der Waals surface area contributed by atoms with E-state index < -0.39 is 0 Å². The van der Waals surface area contributed by atoms with Crippen LogP contribution in [0, 0.1) is 17.3 Å². The highest BCUT2D eigenvalue weighted by Gasteiger charge is 2.53. The fraction of sp³-hybridized carbons (Fsp3) is 1.00. The zero-order valence-electron chi connectivity index (χ0n) is 8.34. The van der Waals surface area contributed by atoms with Gasteiger partial charge in [0.2, 0.25) is 0 Å². The van der Waals surface area contributed by atoms with Crippen molar-refractivity contribution in [3.8, 4) is 0 Å². The standard InChI is InChI=1S/C11H21N/c1-8(2)9-4-3-5-11(6-9)7-10(11)12/h8-10H,3-7,12H2,1-2H3. The van der Waals surface area contributed by atoms with Crippen molar-refractivity contribution in [1.29, 1.82) is 0 Å². The van der Waals surface area contributed by atoms with E-state index >= 15 is 0 Å². The van der Waals surface area contributed by atoms with Gasteiger partial charge in [-0.1, -0.05) is 26.7 Å². The molecule has 1 nitrogen and oxygen atoms in total. The Labute approximate surface area is 75.7 Å².